The number of hydrogen-bond acceptors (Lipinski definition) is 4. The molecule has 4 atom stereocenters. The van der Waals surface area contributed by atoms with Crippen LogP contribution in [0.25, 0.3) is 0 Å². The Balaban J connectivity index is 2.63. The van der Waals surface area contributed by atoms with Crippen LogP contribution in [0.4, 0.5) is 0 Å². The first kappa shape index (κ1) is 9.99. The number of rotatable bonds is 4. The van der Waals surface area contributed by atoms with E-state index in [9.17, 15) is 4.91 Å². The summed E-state index contributed by atoms with van der Waals surface area (Å²) < 4.78 is -0.151. The third-order valence-corrected chi connectivity index (χ3v) is 3.87. The zero-order valence-electron chi connectivity index (χ0n) is 7.40. The summed E-state index contributed by atoms with van der Waals surface area (Å²) in [7, 11) is 0. The molecular formula is C8H15NO2S. The molecule has 0 aliphatic heterocycles. The van der Waals surface area contributed by atoms with E-state index in [1.165, 1.54) is 0 Å². The van der Waals surface area contributed by atoms with Crippen molar-refractivity contribution < 1.29 is 5.11 Å². The Hall–Kier alpha value is -0.0900. The molecule has 4 heteroatoms. The lowest BCUT2D eigenvalue weighted by atomic mass is 9.95. The second-order valence-corrected chi connectivity index (χ2v) is 4.56. The summed E-state index contributed by atoms with van der Waals surface area (Å²) in [6.07, 6.45) is 0.973. The molecule has 1 rings (SSSR count). The zero-order chi connectivity index (χ0) is 9.35. The van der Waals surface area contributed by atoms with Gasteiger partial charge in [0.1, 0.15) is 0 Å². The summed E-state index contributed by atoms with van der Waals surface area (Å²) >= 11 is 4.47. The van der Waals surface area contributed by atoms with Crippen molar-refractivity contribution in [2.24, 2.45) is 17.0 Å². The maximum Gasteiger partial charge on any atom is 0.0954 e. The maximum atomic E-state index is 10.3. The molecule has 12 heavy (non-hydrogen) atoms. The molecule has 0 amide bonds. The molecule has 1 aliphatic rings. The van der Waals surface area contributed by atoms with Gasteiger partial charge in [0.2, 0.25) is 0 Å². The molecule has 3 nitrogen and oxygen atoms in total. The second kappa shape index (κ2) is 3.34. The fourth-order valence-electron chi connectivity index (χ4n) is 1.75. The highest BCUT2D eigenvalue weighted by Gasteiger charge is 2.55. The van der Waals surface area contributed by atoms with Crippen LogP contribution in [0.2, 0.25) is 0 Å². The van der Waals surface area contributed by atoms with E-state index in [1.807, 2.05) is 0 Å². The van der Waals surface area contributed by atoms with Crippen LogP contribution in [-0.4, -0.2) is 22.5 Å². The number of aliphatic hydroxyl groups excluding tert-OH is 1. The molecule has 0 bridgehead atoms. The Kier molecular flexibility index (Phi) is 2.78. The summed E-state index contributed by atoms with van der Waals surface area (Å²) in [6.45, 7) is 3.81. The fraction of sp³-hybridized carbons (Fsp3) is 1.00. The monoisotopic (exact) mass is 189 g/mol. The first-order valence-electron chi connectivity index (χ1n) is 4.22. The van der Waals surface area contributed by atoms with Gasteiger partial charge in [-0.15, -0.1) is 0 Å². The lowest BCUT2D eigenvalue weighted by Gasteiger charge is -2.23. The number of thiol groups is 1. The molecular weight excluding hydrogens is 174 g/mol. The van der Waals surface area contributed by atoms with Crippen molar-refractivity contribution in [3.63, 3.8) is 0 Å². The molecule has 0 aromatic carbocycles. The minimum absolute atomic E-state index is 0.000741. The van der Waals surface area contributed by atoms with E-state index in [4.69, 9.17) is 5.11 Å². The third kappa shape index (κ3) is 1.50. The smallest absolute Gasteiger partial charge is 0.0954 e. The van der Waals surface area contributed by atoms with Crippen LogP contribution in [0.5, 0.6) is 0 Å². The predicted molar refractivity (Wildman–Crippen MR) is 51.3 cm³/mol. The highest BCUT2D eigenvalue weighted by atomic mass is 32.1. The highest BCUT2D eigenvalue weighted by Crippen LogP contribution is 2.55. The molecule has 0 radical (unpaired) electrons. The minimum atomic E-state index is -0.336. The number of aliphatic hydroxyl groups is 1. The van der Waals surface area contributed by atoms with Crippen molar-refractivity contribution in [2.45, 2.75) is 31.1 Å². The Labute approximate surface area is 77.9 Å². The van der Waals surface area contributed by atoms with Crippen molar-refractivity contribution in [1.82, 2.24) is 0 Å². The summed E-state index contributed by atoms with van der Waals surface area (Å²) in [5.41, 5.74) is 0. The standard InChI is InChI=1S/C8H15NO2S/c1-5-3-8(5,12)7(4-10)6(2)9-11/h5-7,10,12H,3-4H2,1-2H3/t5?,6?,7-,8?/m1/s1. The molecule has 1 fully saturated rings. The van der Waals surface area contributed by atoms with Gasteiger partial charge in [0.15, 0.2) is 0 Å². The largest absolute Gasteiger partial charge is 0.396 e. The van der Waals surface area contributed by atoms with Gasteiger partial charge in [0.25, 0.3) is 0 Å². The summed E-state index contributed by atoms with van der Waals surface area (Å²) in [4.78, 5) is 10.3. The first-order chi connectivity index (χ1) is 5.56. The SMILES string of the molecule is CC(N=O)[C@@H](CO)C1(S)CC1C. The molecule has 1 N–H and O–H groups in total. The van der Waals surface area contributed by atoms with Gasteiger partial charge >= 0.3 is 0 Å². The number of hydrogen-bond donors (Lipinski definition) is 2. The molecule has 1 aliphatic carbocycles. The van der Waals surface area contributed by atoms with Gasteiger partial charge in [-0.1, -0.05) is 12.1 Å². The summed E-state index contributed by atoms with van der Waals surface area (Å²) in [6, 6.07) is -0.336. The van der Waals surface area contributed by atoms with E-state index in [0.29, 0.717) is 5.92 Å². The van der Waals surface area contributed by atoms with Gasteiger partial charge in [-0.25, -0.2) is 0 Å². The lowest BCUT2D eigenvalue weighted by Crippen LogP contribution is -2.31. The first-order valence-corrected chi connectivity index (χ1v) is 4.66. The second-order valence-electron chi connectivity index (χ2n) is 3.73. The molecule has 3 unspecified atom stereocenters. The molecule has 70 valence electrons. The van der Waals surface area contributed by atoms with Gasteiger partial charge in [0.05, 0.1) is 6.04 Å². The fourth-order valence-corrected chi connectivity index (χ4v) is 2.32. The predicted octanol–water partition coefficient (Wildman–Crippen LogP) is 1.46. The van der Waals surface area contributed by atoms with Crippen LogP contribution >= 0.6 is 12.6 Å². The van der Waals surface area contributed by atoms with Crippen LogP contribution in [0.15, 0.2) is 5.18 Å². The van der Waals surface area contributed by atoms with Crippen molar-refractivity contribution >= 4 is 12.6 Å². The Morgan fingerprint density at radius 3 is 2.58 bits per heavy atom. The molecule has 0 spiro atoms. The average Bonchev–Trinajstić information content (AvgIpc) is 2.61. The Morgan fingerprint density at radius 2 is 2.33 bits per heavy atom. The molecule has 0 aromatic rings. The van der Waals surface area contributed by atoms with Crippen LogP contribution < -0.4 is 0 Å². The van der Waals surface area contributed by atoms with Crippen molar-refractivity contribution in [2.75, 3.05) is 6.61 Å². The van der Waals surface area contributed by atoms with Gasteiger partial charge in [-0.3, -0.25) is 0 Å². The third-order valence-electron chi connectivity index (χ3n) is 2.91. The molecule has 0 aromatic heterocycles. The van der Waals surface area contributed by atoms with E-state index in [1.54, 1.807) is 6.92 Å². The van der Waals surface area contributed by atoms with Crippen LogP contribution in [0, 0.1) is 16.7 Å². The van der Waals surface area contributed by atoms with Crippen LogP contribution in [0.1, 0.15) is 20.3 Å². The Morgan fingerprint density at radius 1 is 1.83 bits per heavy atom. The van der Waals surface area contributed by atoms with Gasteiger partial charge in [0, 0.05) is 17.3 Å². The summed E-state index contributed by atoms with van der Waals surface area (Å²) in [5, 5.41) is 12.0. The van der Waals surface area contributed by atoms with Crippen molar-refractivity contribution in [3.8, 4) is 0 Å². The minimum Gasteiger partial charge on any atom is -0.396 e. The van der Waals surface area contributed by atoms with Crippen LogP contribution in [0.3, 0.4) is 0 Å². The van der Waals surface area contributed by atoms with Gasteiger partial charge in [-0.05, 0) is 19.3 Å². The Bertz CT molecular complexity index is 188. The van der Waals surface area contributed by atoms with Gasteiger partial charge < -0.3 is 5.11 Å². The quantitative estimate of drug-likeness (QED) is 0.519. The lowest BCUT2D eigenvalue weighted by molar-refractivity contribution is 0.198. The molecule has 0 saturated heterocycles. The van der Waals surface area contributed by atoms with E-state index in [0.717, 1.165) is 6.42 Å². The summed E-state index contributed by atoms with van der Waals surface area (Å²) in [5.74, 6) is 0.399. The van der Waals surface area contributed by atoms with E-state index in [2.05, 4.69) is 24.7 Å². The normalized spacial score (nSPS) is 38.8. The van der Waals surface area contributed by atoms with Gasteiger partial charge in [-0.2, -0.15) is 17.5 Å². The van der Waals surface area contributed by atoms with E-state index in [-0.39, 0.29) is 23.3 Å². The van der Waals surface area contributed by atoms with Crippen molar-refractivity contribution in [3.05, 3.63) is 4.91 Å². The topological polar surface area (TPSA) is 49.7 Å². The zero-order valence-corrected chi connectivity index (χ0v) is 8.29. The molecule has 0 heterocycles. The average molecular weight is 189 g/mol. The van der Waals surface area contributed by atoms with E-state index >= 15 is 0 Å². The van der Waals surface area contributed by atoms with Crippen molar-refractivity contribution in [1.29, 1.82) is 0 Å². The number of nitrogens with zero attached hydrogens (tertiary/aromatic N) is 1. The maximum absolute atomic E-state index is 10.3. The molecule has 1 saturated carbocycles. The highest BCUT2D eigenvalue weighted by molar-refractivity contribution is 7.82. The van der Waals surface area contributed by atoms with E-state index < -0.39 is 0 Å². The number of nitroso groups, excluding NO2 is 1. The van der Waals surface area contributed by atoms with Crippen LogP contribution in [-0.2, 0) is 0 Å².